The lowest BCUT2D eigenvalue weighted by atomic mass is 9.68. The van der Waals surface area contributed by atoms with Crippen LogP contribution in [0.15, 0.2) is 40.8 Å². The van der Waals surface area contributed by atoms with Crippen LogP contribution in [0.5, 0.6) is 0 Å². The molecule has 0 saturated carbocycles. The number of aryl methyl sites for hydroxylation is 2. The molecule has 3 amide bonds. The number of benzene rings is 2. The second kappa shape index (κ2) is 13.2. The molecule has 1 unspecified atom stereocenters. The van der Waals surface area contributed by atoms with Gasteiger partial charge in [0.05, 0.1) is 12.6 Å². The highest BCUT2D eigenvalue weighted by molar-refractivity contribution is 5.95. The van der Waals surface area contributed by atoms with Crippen molar-refractivity contribution in [2.45, 2.75) is 76.3 Å². The second-order valence-electron chi connectivity index (χ2n) is 12.3. The predicted molar refractivity (Wildman–Crippen MR) is 168 cm³/mol. The number of fused-ring (bicyclic) bond motifs is 2. The normalized spacial score (nSPS) is 17.5. The van der Waals surface area contributed by atoms with Crippen molar-refractivity contribution < 1.29 is 18.8 Å². The average Bonchev–Trinajstić information content (AvgIpc) is 3.73. The van der Waals surface area contributed by atoms with E-state index in [0.29, 0.717) is 55.1 Å². The minimum atomic E-state index is -0.956. The summed E-state index contributed by atoms with van der Waals surface area (Å²) in [4.78, 5) is 40.2. The highest BCUT2D eigenvalue weighted by Crippen LogP contribution is 2.48. The molecule has 0 radical (unpaired) electrons. The summed E-state index contributed by atoms with van der Waals surface area (Å²) >= 11 is 0. The summed E-state index contributed by atoms with van der Waals surface area (Å²) in [5.41, 5.74) is 3.94. The van der Waals surface area contributed by atoms with Crippen molar-refractivity contribution in [3.63, 3.8) is 0 Å². The van der Waals surface area contributed by atoms with Gasteiger partial charge in [-0.3, -0.25) is 14.4 Å². The van der Waals surface area contributed by atoms with Crippen LogP contribution in [-0.2, 0) is 23.1 Å². The molecule has 0 bridgehead atoms. The van der Waals surface area contributed by atoms with Crippen molar-refractivity contribution in [1.29, 1.82) is 5.26 Å². The van der Waals surface area contributed by atoms with E-state index in [1.807, 2.05) is 57.2 Å². The number of amides is 3. The highest BCUT2D eigenvalue weighted by atomic mass is 16.4. The van der Waals surface area contributed by atoms with Crippen LogP contribution in [0.4, 0.5) is 0 Å². The van der Waals surface area contributed by atoms with E-state index in [9.17, 15) is 19.6 Å². The molecule has 2 aliphatic rings. The summed E-state index contributed by atoms with van der Waals surface area (Å²) in [6.07, 6.45) is 3.21. The average molecular weight is 612 g/mol. The Bertz CT molecular complexity index is 1570. The van der Waals surface area contributed by atoms with Crippen LogP contribution in [-0.4, -0.2) is 72.1 Å². The number of likely N-dealkylation sites (tertiary alicyclic amines) is 1. The number of nitriles is 1. The SMILES string of the molecule is CNC(=O)c1ccc2c(c1)CCc1cc(C(=O)NC)ccc1C2(C[C@@H](C)NCC(=O)N1CCCC1C#N)c1nnc(C(C)C)o1. The molecule has 0 spiro atoms. The van der Waals surface area contributed by atoms with E-state index in [4.69, 9.17) is 4.42 Å². The number of aromatic nitrogens is 2. The number of carbonyl (C=O) groups excluding carboxylic acids is 3. The first-order chi connectivity index (χ1) is 21.6. The van der Waals surface area contributed by atoms with E-state index in [-0.39, 0.29) is 36.2 Å². The molecule has 2 atom stereocenters. The number of nitrogens with zero attached hydrogens (tertiary/aromatic N) is 4. The van der Waals surface area contributed by atoms with Crippen molar-refractivity contribution in [3.05, 3.63) is 81.6 Å². The molecule has 3 N–H and O–H groups in total. The molecule has 1 fully saturated rings. The maximum atomic E-state index is 13.1. The number of nitrogens with one attached hydrogen (secondary N) is 3. The Kier molecular flexibility index (Phi) is 9.34. The van der Waals surface area contributed by atoms with Gasteiger partial charge in [-0.25, -0.2) is 0 Å². The third-order valence-corrected chi connectivity index (χ3v) is 9.01. The third-order valence-electron chi connectivity index (χ3n) is 9.01. The fraction of sp³-hybridized carbons (Fsp3) is 0.471. The summed E-state index contributed by atoms with van der Waals surface area (Å²) < 4.78 is 6.47. The topological polar surface area (TPSA) is 153 Å². The smallest absolute Gasteiger partial charge is 0.251 e. The summed E-state index contributed by atoms with van der Waals surface area (Å²) in [5, 5.41) is 27.4. The fourth-order valence-corrected chi connectivity index (χ4v) is 6.69. The van der Waals surface area contributed by atoms with Crippen LogP contribution in [0.2, 0.25) is 0 Å². The molecule has 1 aromatic heterocycles. The molecule has 1 aliphatic carbocycles. The lowest BCUT2D eigenvalue weighted by Gasteiger charge is -2.36. The Balaban J connectivity index is 1.65. The maximum Gasteiger partial charge on any atom is 0.251 e. The minimum Gasteiger partial charge on any atom is -0.424 e. The van der Waals surface area contributed by atoms with Gasteiger partial charge in [-0.15, -0.1) is 10.2 Å². The Hall–Kier alpha value is -4.56. The number of hydrogen-bond donors (Lipinski definition) is 3. The molecule has 236 valence electrons. The molecule has 3 aromatic rings. The summed E-state index contributed by atoms with van der Waals surface area (Å²) in [6.45, 7) is 6.67. The zero-order chi connectivity index (χ0) is 32.3. The summed E-state index contributed by atoms with van der Waals surface area (Å²) in [6, 6.07) is 13.0. The summed E-state index contributed by atoms with van der Waals surface area (Å²) in [7, 11) is 3.21. The Labute approximate surface area is 263 Å². The first-order valence-electron chi connectivity index (χ1n) is 15.6. The first kappa shape index (κ1) is 31.9. The third kappa shape index (κ3) is 6.07. The van der Waals surface area contributed by atoms with Gasteiger partial charge in [0, 0.05) is 43.7 Å². The molecule has 5 rings (SSSR count). The van der Waals surface area contributed by atoms with Crippen LogP contribution in [0.1, 0.15) is 101 Å². The van der Waals surface area contributed by atoms with E-state index < -0.39 is 11.5 Å². The molecule has 2 heterocycles. The molecule has 1 saturated heterocycles. The van der Waals surface area contributed by atoms with Gasteiger partial charge in [0.2, 0.25) is 17.7 Å². The monoisotopic (exact) mass is 611 g/mol. The lowest BCUT2D eigenvalue weighted by molar-refractivity contribution is -0.130. The van der Waals surface area contributed by atoms with Crippen molar-refractivity contribution in [1.82, 2.24) is 31.0 Å². The zero-order valence-electron chi connectivity index (χ0n) is 26.6. The molecule has 45 heavy (non-hydrogen) atoms. The van der Waals surface area contributed by atoms with E-state index in [1.165, 1.54) is 0 Å². The van der Waals surface area contributed by atoms with Crippen LogP contribution >= 0.6 is 0 Å². The number of rotatable bonds is 9. The first-order valence-corrected chi connectivity index (χ1v) is 15.6. The van der Waals surface area contributed by atoms with Gasteiger partial charge in [-0.2, -0.15) is 5.26 Å². The standard InChI is InChI=1S/C34H41N7O4/c1-20(2)32-39-40-33(45-32)34(17-21(3)38-19-29(42)41-14-6-7-26(41)18-35)27-12-10-24(30(43)36-4)15-22(27)8-9-23-16-25(31(44)37-5)11-13-28(23)34/h10-13,15-16,20-21,26,38H,6-9,14,17,19H2,1-5H3,(H,36,43)(H,37,44)/t21-,26?/m1/s1. The van der Waals surface area contributed by atoms with E-state index in [0.717, 1.165) is 28.7 Å². The number of hydrogen-bond acceptors (Lipinski definition) is 8. The van der Waals surface area contributed by atoms with E-state index in [2.05, 4.69) is 32.2 Å². The van der Waals surface area contributed by atoms with E-state index >= 15 is 0 Å². The van der Waals surface area contributed by atoms with Crippen LogP contribution in [0.25, 0.3) is 0 Å². The quantitative estimate of drug-likeness (QED) is 0.333. The molecular formula is C34H41N7O4. The van der Waals surface area contributed by atoms with Gasteiger partial charge in [0.1, 0.15) is 11.5 Å². The summed E-state index contributed by atoms with van der Waals surface area (Å²) in [5.74, 6) is 0.456. The maximum absolute atomic E-state index is 13.1. The van der Waals surface area contributed by atoms with Crippen LogP contribution in [0, 0.1) is 11.3 Å². The predicted octanol–water partition coefficient (Wildman–Crippen LogP) is 3.23. The van der Waals surface area contributed by atoms with Crippen molar-refractivity contribution in [3.8, 4) is 6.07 Å². The van der Waals surface area contributed by atoms with Crippen molar-refractivity contribution in [2.24, 2.45) is 0 Å². The van der Waals surface area contributed by atoms with Crippen LogP contribution < -0.4 is 16.0 Å². The fourth-order valence-electron chi connectivity index (χ4n) is 6.69. The van der Waals surface area contributed by atoms with Crippen LogP contribution in [0.3, 0.4) is 0 Å². The van der Waals surface area contributed by atoms with Crippen molar-refractivity contribution >= 4 is 17.7 Å². The van der Waals surface area contributed by atoms with Gasteiger partial charge in [-0.1, -0.05) is 26.0 Å². The minimum absolute atomic E-state index is 0.000910. The zero-order valence-corrected chi connectivity index (χ0v) is 26.6. The lowest BCUT2D eigenvalue weighted by Crippen LogP contribution is -2.45. The largest absolute Gasteiger partial charge is 0.424 e. The molecule has 11 nitrogen and oxygen atoms in total. The highest BCUT2D eigenvalue weighted by Gasteiger charge is 2.47. The molecule has 2 aromatic carbocycles. The van der Waals surface area contributed by atoms with E-state index in [1.54, 1.807) is 19.0 Å². The molecular weight excluding hydrogens is 570 g/mol. The second-order valence-corrected chi connectivity index (χ2v) is 12.3. The molecule has 1 aliphatic heterocycles. The van der Waals surface area contributed by atoms with Gasteiger partial charge < -0.3 is 25.3 Å². The van der Waals surface area contributed by atoms with Gasteiger partial charge in [-0.05, 0) is 85.5 Å². The number of carbonyl (C=O) groups is 3. The Morgan fingerprint density at radius 1 is 1.00 bits per heavy atom. The Morgan fingerprint density at radius 2 is 1.60 bits per heavy atom. The van der Waals surface area contributed by atoms with Gasteiger partial charge >= 0.3 is 0 Å². The molecule has 11 heteroatoms. The van der Waals surface area contributed by atoms with Gasteiger partial charge in [0.15, 0.2) is 0 Å². The Morgan fingerprint density at radius 3 is 2.11 bits per heavy atom. The van der Waals surface area contributed by atoms with Crippen molar-refractivity contribution in [2.75, 3.05) is 27.2 Å². The van der Waals surface area contributed by atoms with Gasteiger partial charge in [0.25, 0.3) is 11.8 Å².